The summed E-state index contributed by atoms with van der Waals surface area (Å²) in [7, 11) is -3.99. The van der Waals surface area contributed by atoms with Gasteiger partial charge in [0.1, 0.15) is 16.3 Å². The minimum Gasteiger partial charge on any atom is -0.207 e. The van der Waals surface area contributed by atoms with Gasteiger partial charge in [0.05, 0.1) is 6.07 Å². The first-order valence-electron chi connectivity index (χ1n) is 5.69. The van der Waals surface area contributed by atoms with Crippen molar-refractivity contribution in [2.24, 2.45) is 0 Å². The Bertz CT molecular complexity index is 586. The zero-order chi connectivity index (χ0) is 13.2. The number of rotatable bonds is 3. The van der Waals surface area contributed by atoms with Gasteiger partial charge in [-0.15, -0.1) is 0 Å². The molecule has 0 heterocycles. The highest BCUT2D eigenvalue weighted by atomic mass is 32.2. The van der Waals surface area contributed by atoms with Gasteiger partial charge in [0.25, 0.3) is 0 Å². The van der Waals surface area contributed by atoms with Crippen molar-refractivity contribution in [2.45, 2.75) is 36.1 Å². The van der Waals surface area contributed by atoms with E-state index in [1.807, 2.05) is 6.07 Å². The molecular formula is C12H13FN2O2S. The van der Waals surface area contributed by atoms with E-state index in [1.54, 1.807) is 0 Å². The predicted octanol–water partition coefficient (Wildman–Crippen LogP) is 1.94. The first-order chi connectivity index (χ1) is 8.49. The van der Waals surface area contributed by atoms with Crippen molar-refractivity contribution in [2.75, 3.05) is 0 Å². The molecule has 0 bridgehead atoms. The van der Waals surface area contributed by atoms with Crippen LogP contribution in [0, 0.1) is 17.1 Å². The lowest BCUT2D eigenvalue weighted by atomic mass is 10.0. The first kappa shape index (κ1) is 13.0. The Balaban J connectivity index is 2.34. The van der Waals surface area contributed by atoms with Crippen LogP contribution in [-0.4, -0.2) is 14.0 Å². The second-order valence-corrected chi connectivity index (χ2v) is 6.09. The fraction of sp³-hybridized carbons (Fsp3) is 0.417. The number of nitriles is 1. The van der Waals surface area contributed by atoms with Crippen LogP contribution >= 0.6 is 0 Å². The van der Waals surface area contributed by atoms with Gasteiger partial charge in [-0.1, -0.05) is 25.0 Å². The molecule has 1 aromatic rings. The molecule has 0 atom stereocenters. The molecule has 1 saturated carbocycles. The van der Waals surface area contributed by atoms with E-state index in [1.165, 1.54) is 18.2 Å². The molecule has 1 aromatic carbocycles. The monoisotopic (exact) mass is 268 g/mol. The number of nitrogens with zero attached hydrogens (tertiary/aromatic N) is 1. The van der Waals surface area contributed by atoms with Crippen molar-refractivity contribution >= 4 is 10.0 Å². The molecule has 0 spiro atoms. The third kappa shape index (κ3) is 2.37. The lowest BCUT2D eigenvalue weighted by Gasteiger charge is -2.21. The fourth-order valence-corrected chi connectivity index (χ4v) is 3.65. The number of sulfonamides is 1. The number of hydrogen-bond acceptors (Lipinski definition) is 3. The zero-order valence-electron chi connectivity index (χ0n) is 9.69. The fourth-order valence-electron chi connectivity index (χ4n) is 2.19. The van der Waals surface area contributed by atoms with Crippen LogP contribution < -0.4 is 4.72 Å². The summed E-state index contributed by atoms with van der Waals surface area (Å²) in [5.74, 6) is -0.809. The van der Waals surface area contributed by atoms with E-state index in [9.17, 15) is 12.8 Å². The molecule has 6 heteroatoms. The Morgan fingerprint density at radius 2 is 1.89 bits per heavy atom. The molecule has 2 rings (SSSR count). The van der Waals surface area contributed by atoms with Crippen LogP contribution in [-0.2, 0) is 10.0 Å². The smallest absolute Gasteiger partial charge is 0.207 e. The minimum absolute atomic E-state index is 0.411. The summed E-state index contributed by atoms with van der Waals surface area (Å²) in [6.07, 6.45) is 2.54. The topological polar surface area (TPSA) is 70.0 Å². The standard InChI is InChI=1S/C12H13FN2O2S/c13-10-5-1-2-6-11(10)18(16,17)15-12(9-14)7-3-4-8-12/h1-2,5-6,15H,3-4,7-8H2. The number of nitrogens with one attached hydrogen (secondary N) is 1. The van der Waals surface area contributed by atoms with E-state index in [4.69, 9.17) is 5.26 Å². The predicted molar refractivity (Wildman–Crippen MR) is 63.5 cm³/mol. The van der Waals surface area contributed by atoms with Gasteiger partial charge in [-0.25, -0.2) is 12.8 Å². The van der Waals surface area contributed by atoms with E-state index in [-0.39, 0.29) is 0 Å². The Hall–Kier alpha value is -1.45. The largest absolute Gasteiger partial charge is 0.244 e. The Morgan fingerprint density at radius 3 is 2.44 bits per heavy atom. The third-order valence-corrected chi connectivity index (χ3v) is 4.70. The van der Waals surface area contributed by atoms with E-state index in [2.05, 4.69) is 4.72 Å². The Labute approximate surface area is 105 Å². The van der Waals surface area contributed by atoms with E-state index in [0.29, 0.717) is 12.8 Å². The minimum atomic E-state index is -3.99. The number of benzene rings is 1. The van der Waals surface area contributed by atoms with Crippen molar-refractivity contribution in [3.05, 3.63) is 30.1 Å². The average Bonchev–Trinajstić information content (AvgIpc) is 2.78. The molecule has 0 aromatic heterocycles. The number of hydrogen-bond donors (Lipinski definition) is 1. The van der Waals surface area contributed by atoms with Gasteiger partial charge >= 0.3 is 0 Å². The van der Waals surface area contributed by atoms with Gasteiger partial charge in [0, 0.05) is 0 Å². The molecule has 1 aliphatic carbocycles. The second-order valence-electron chi connectivity index (χ2n) is 4.44. The van der Waals surface area contributed by atoms with Crippen LogP contribution in [0.2, 0.25) is 0 Å². The highest BCUT2D eigenvalue weighted by molar-refractivity contribution is 7.89. The third-order valence-electron chi connectivity index (χ3n) is 3.13. The van der Waals surface area contributed by atoms with E-state index >= 15 is 0 Å². The van der Waals surface area contributed by atoms with Crippen LogP contribution in [0.3, 0.4) is 0 Å². The molecule has 1 fully saturated rings. The van der Waals surface area contributed by atoms with Crippen LogP contribution in [0.15, 0.2) is 29.2 Å². The van der Waals surface area contributed by atoms with Gasteiger partial charge in [-0.2, -0.15) is 9.98 Å². The van der Waals surface area contributed by atoms with Crippen molar-refractivity contribution < 1.29 is 12.8 Å². The maximum Gasteiger partial charge on any atom is 0.244 e. The molecule has 96 valence electrons. The second kappa shape index (κ2) is 4.67. The molecule has 18 heavy (non-hydrogen) atoms. The van der Waals surface area contributed by atoms with Crippen LogP contribution in [0.1, 0.15) is 25.7 Å². The molecule has 1 aliphatic rings. The lowest BCUT2D eigenvalue weighted by Crippen LogP contribution is -2.45. The summed E-state index contributed by atoms with van der Waals surface area (Å²) >= 11 is 0. The molecule has 0 saturated heterocycles. The molecule has 0 aliphatic heterocycles. The summed E-state index contributed by atoms with van der Waals surface area (Å²) < 4.78 is 40.0. The summed E-state index contributed by atoms with van der Waals surface area (Å²) in [6.45, 7) is 0. The lowest BCUT2D eigenvalue weighted by molar-refractivity contribution is 0.480. The molecule has 0 unspecified atom stereocenters. The van der Waals surface area contributed by atoms with Crippen molar-refractivity contribution in [1.29, 1.82) is 5.26 Å². The summed E-state index contributed by atoms with van der Waals surface area (Å²) in [5, 5.41) is 9.13. The quantitative estimate of drug-likeness (QED) is 0.910. The maximum absolute atomic E-state index is 13.5. The first-order valence-corrected chi connectivity index (χ1v) is 7.17. The van der Waals surface area contributed by atoms with Gasteiger partial charge in [0.15, 0.2) is 0 Å². The van der Waals surface area contributed by atoms with E-state index in [0.717, 1.165) is 18.9 Å². The summed E-state index contributed by atoms with van der Waals surface area (Å²) in [5.41, 5.74) is -1.08. The van der Waals surface area contributed by atoms with Crippen molar-refractivity contribution in [3.8, 4) is 6.07 Å². The van der Waals surface area contributed by atoms with Gasteiger partial charge in [-0.05, 0) is 25.0 Å². The van der Waals surface area contributed by atoms with Crippen molar-refractivity contribution in [1.82, 2.24) is 4.72 Å². The van der Waals surface area contributed by atoms with Crippen molar-refractivity contribution in [3.63, 3.8) is 0 Å². The molecular weight excluding hydrogens is 255 g/mol. The van der Waals surface area contributed by atoms with Crippen LogP contribution in [0.5, 0.6) is 0 Å². The molecule has 0 radical (unpaired) electrons. The summed E-state index contributed by atoms with van der Waals surface area (Å²) in [6, 6.07) is 7.16. The molecule has 0 amide bonds. The summed E-state index contributed by atoms with van der Waals surface area (Å²) in [4.78, 5) is -0.411. The highest BCUT2D eigenvalue weighted by Crippen LogP contribution is 2.30. The average molecular weight is 268 g/mol. The van der Waals surface area contributed by atoms with Crippen LogP contribution in [0.25, 0.3) is 0 Å². The normalized spacial score (nSPS) is 18.4. The maximum atomic E-state index is 13.5. The SMILES string of the molecule is N#CC1(NS(=O)(=O)c2ccccc2F)CCCC1. The molecule has 1 N–H and O–H groups in total. The molecule has 4 nitrogen and oxygen atoms in total. The zero-order valence-corrected chi connectivity index (χ0v) is 10.5. The number of halogens is 1. The Morgan fingerprint density at radius 1 is 1.28 bits per heavy atom. The van der Waals surface area contributed by atoms with Crippen LogP contribution in [0.4, 0.5) is 4.39 Å². The Kier molecular flexibility index (Phi) is 3.37. The van der Waals surface area contributed by atoms with E-state index < -0.39 is 26.3 Å². The highest BCUT2D eigenvalue weighted by Gasteiger charge is 2.38. The van der Waals surface area contributed by atoms with Gasteiger partial charge in [-0.3, -0.25) is 0 Å². The van der Waals surface area contributed by atoms with Gasteiger partial charge < -0.3 is 0 Å². The van der Waals surface area contributed by atoms with Gasteiger partial charge in [0.2, 0.25) is 10.0 Å².